The zero-order chi connectivity index (χ0) is 14.0. The summed E-state index contributed by atoms with van der Waals surface area (Å²) >= 11 is 6.06. The highest BCUT2D eigenvalue weighted by Crippen LogP contribution is 2.29. The van der Waals surface area contributed by atoms with Gasteiger partial charge in [0.05, 0.1) is 22.8 Å². The van der Waals surface area contributed by atoms with E-state index in [-0.39, 0.29) is 5.56 Å². The molecular formula is C12H13ClN4O2. The van der Waals surface area contributed by atoms with Gasteiger partial charge in [0, 0.05) is 11.8 Å². The number of primary amides is 1. The van der Waals surface area contributed by atoms with Crippen LogP contribution in [-0.2, 0) is 6.54 Å². The van der Waals surface area contributed by atoms with Gasteiger partial charge in [-0.1, -0.05) is 16.8 Å². The summed E-state index contributed by atoms with van der Waals surface area (Å²) in [6.45, 7) is 2.16. The largest absolute Gasteiger partial charge is 0.399 e. The maximum Gasteiger partial charge on any atom is 0.250 e. The zero-order valence-corrected chi connectivity index (χ0v) is 11.0. The molecule has 0 aliphatic rings. The van der Waals surface area contributed by atoms with E-state index in [1.165, 1.54) is 6.07 Å². The number of nitrogens with two attached hydrogens (primary N) is 2. The van der Waals surface area contributed by atoms with E-state index in [1.807, 2.05) is 0 Å². The standard InChI is InChI=1S/C12H13ClN4O2/c1-6-2-8(17-19-6)5-16-11-9(12(15)18)3-7(14)4-10(11)13/h2-4,16H,5,14H2,1H3,(H2,15,18). The summed E-state index contributed by atoms with van der Waals surface area (Å²) in [5, 5.41) is 7.17. The van der Waals surface area contributed by atoms with Crippen LogP contribution in [0.2, 0.25) is 5.02 Å². The second-order valence-corrected chi connectivity index (χ2v) is 4.48. The van der Waals surface area contributed by atoms with Crippen LogP contribution in [0.25, 0.3) is 0 Å². The molecule has 7 heteroatoms. The van der Waals surface area contributed by atoms with Gasteiger partial charge in [-0.05, 0) is 19.1 Å². The van der Waals surface area contributed by atoms with Crippen molar-refractivity contribution in [3.05, 3.63) is 40.2 Å². The van der Waals surface area contributed by atoms with Crippen molar-refractivity contribution in [1.82, 2.24) is 5.16 Å². The topological polar surface area (TPSA) is 107 Å². The zero-order valence-electron chi connectivity index (χ0n) is 10.2. The second-order valence-electron chi connectivity index (χ2n) is 4.07. The number of amides is 1. The normalized spacial score (nSPS) is 10.4. The second kappa shape index (κ2) is 5.19. The predicted molar refractivity (Wildman–Crippen MR) is 72.9 cm³/mol. The summed E-state index contributed by atoms with van der Waals surface area (Å²) in [5.74, 6) is 0.100. The number of benzene rings is 1. The number of anilines is 2. The Labute approximate surface area is 114 Å². The van der Waals surface area contributed by atoms with Gasteiger partial charge in [0.2, 0.25) is 0 Å². The number of carbonyl (C=O) groups excluding carboxylic acids is 1. The van der Waals surface area contributed by atoms with Crippen LogP contribution >= 0.6 is 11.6 Å². The van der Waals surface area contributed by atoms with Gasteiger partial charge in [0.15, 0.2) is 0 Å². The maximum atomic E-state index is 11.4. The van der Waals surface area contributed by atoms with E-state index >= 15 is 0 Å². The number of carbonyl (C=O) groups is 1. The molecule has 0 unspecified atom stereocenters. The number of rotatable bonds is 4. The van der Waals surface area contributed by atoms with E-state index in [0.29, 0.717) is 34.4 Å². The van der Waals surface area contributed by atoms with Gasteiger partial charge < -0.3 is 21.3 Å². The van der Waals surface area contributed by atoms with Crippen molar-refractivity contribution in [3.8, 4) is 0 Å². The first-order chi connectivity index (χ1) is 8.97. The molecule has 0 saturated carbocycles. The Hall–Kier alpha value is -2.21. The quantitative estimate of drug-likeness (QED) is 0.742. The first kappa shape index (κ1) is 13.2. The lowest BCUT2D eigenvalue weighted by Crippen LogP contribution is -2.15. The van der Waals surface area contributed by atoms with Gasteiger partial charge in [-0.3, -0.25) is 4.79 Å². The average molecular weight is 281 g/mol. The monoisotopic (exact) mass is 280 g/mol. The third kappa shape index (κ3) is 2.97. The van der Waals surface area contributed by atoms with E-state index in [9.17, 15) is 4.79 Å². The summed E-state index contributed by atoms with van der Waals surface area (Å²) < 4.78 is 4.95. The van der Waals surface area contributed by atoms with E-state index in [2.05, 4.69) is 10.5 Å². The lowest BCUT2D eigenvalue weighted by Gasteiger charge is -2.11. The molecule has 1 amide bonds. The molecule has 0 aliphatic heterocycles. The molecule has 0 aliphatic carbocycles. The molecule has 0 radical (unpaired) electrons. The fraction of sp³-hybridized carbons (Fsp3) is 0.167. The summed E-state index contributed by atoms with van der Waals surface area (Å²) in [5.41, 5.74) is 12.7. The smallest absolute Gasteiger partial charge is 0.250 e. The number of nitrogens with one attached hydrogen (secondary N) is 1. The molecule has 0 saturated heterocycles. The number of aromatic nitrogens is 1. The molecule has 0 bridgehead atoms. The molecular weight excluding hydrogens is 268 g/mol. The first-order valence-corrected chi connectivity index (χ1v) is 5.90. The number of nitrogen functional groups attached to an aromatic ring is 1. The minimum atomic E-state index is -0.604. The molecule has 6 nitrogen and oxygen atoms in total. The SMILES string of the molecule is Cc1cc(CNc2c(Cl)cc(N)cc2C(N)=O)no1. The highest BCUT2D eigenvalue weighted by molar-refractivity contribution is 6.34. The fourth-order valence-electron chi connectivity index (χ4n) is 1.68. The Bertz CT molecular complexity index is 624. The van der Waals surface area contributed by atoms with Gasteiger partial charge >= 0.3 is 0 Å². The predicted octanol–water partition coefficient (Wildman–Crippen LogP) is 1.93. The van der Waals surface area contributed by atoms with E-state index < -0.39 is 5.91 Å². The molecule has 5 N–H and O–H groups in total. The van der Waals surface area contributed by atoms with E-state index in [1.54, 1.807) is 19.1 Å². The number of aryl methyl sites for hydroxylation is 1. The molecule has 1 aromatic heterocycles. The van der Waals surface area contributed by atoms with Crippen molar-refractivity contribution < 1.29 is 9.32 Å². The Morgan fingerprint density at radius 1 is 1.47 bits per heavy atom. The minimum absolute atomic E-state index is 0.241. The highest BCUT2D eigenvalue weighted by Gasteiger charge is 2.13. The van der Waals surface area contributed by atoms with Gasteiger partial charge in [0.25, 0.3) is 5.91 Å². The Balaban J connectivity index is 2.26. The van der Waals surface area contributed by atoms with Crippen LogP contribution < -0.4 is 16.8 Å². The minimum Gasteiger partial charge on any atom is -0.399 e. The van der Waals surface area contributed by atoms with Crippen molar-refractivity contribution in [2.45, 2.75) is 13.5 Å². The van der Waals surface area contributed by atoms with Crippen molar-refractivity contribution in [2.24, 2.45) is 5.73 Å². The van der Waals surface area contributed by atoms with Crippen LogP contribution in [0.3, 0.4) is 0 Å². The molecule has 0 atom stereocenters. The summed E-state index contributed by atoms with van der Waals surface area (Å²) in [6.07, 6.45) is 0. The lowest BCUT2D eigenvalue weighted by atomic mass is 10.1. The van der Waals surface area contributed by atoms with Crippen LogP contribution in [0, 0.1) is 6.92 Å². The molecule has 2 rings (SSSR count). The Kier molecular flexibility index (Phi) is 3.62. The first-order valence-electron chi connectivity index (χ1n) is 5.52. The molecule has 100 valence electrons. The van der Waals surface area contributed by atoms with Crippen LogP contribution in [0.4, 0.5) is 11.4 Å². The molecule has 1 heterocycles. The van der Waals surface area contributed by atoms with Crippen LogP contribution in [0.5, 0.6) is 0 Å². The Morgan fingerprint density at radius 3 is 2.79 bits per heavy atom. The van der Waals surface area contributed by atoms with Crippen molar-refractivity contribution in [2.75, 3.05) is 11.1 Å². The molecule has 0 spiro atoms. The van der Waals surface area contributed by atoms with Crippen LogP contribution in [0.1, 0.15) is 21.8 Å². The molecule has 1 aromatic carbocycles. The summed E-state index contributed by atoms with van der Waals surface area (Å²) in [7, 11) is 0. The lowest BCUT2D eigenvalue weighted by molar-refractivity contribution is 0.100. The Morgan fingerprint density at radius 2 is 2.21 bits per heavy atom. The van der Waals surface area contributed by atoms with Gasteiger partial charge in [-0.15, -0.1) is 0 Å². The third-order valence-corrected chi connectivity index (χ3v) is 2.80. The maximum absolute atomic E-state index is 11.4. The van der Waals surface area contributed by atoms with Crippen molar-refractivity contribution in [1.29, 1.82) is 0 Å². The number of hydrogen-bond acceptors (Lipinski definition) is 5. The molecule has 19 heavy (non-hydrogen) atoms. The third-order valence-electron chi connectivity index (χ3n) is 2.50. The van der Waals surface area contributed by atoms with Gasteiger partial charge in [-0.25, -0.2) is 0 Å². The average Bonchev–Trinajstić information content (AvgIpc) is 2.73. The molecule has 2 aromatic rings. The number of halogens is 1. The summed E-state index contributed by atoms with van der Waals surface area (Å²) in [6, 6.07) is 4.80. The van der Waals surface area contributed by atoms with E-state index in [4.69, 9.17) is 27.6 Å². The fourth-order valence-corrected chi connectivity index (χ4v) is 1.98. The van der Waals surface area contributed by atoms with E-state index in [0.717, 1.165) is 0 Å². The highest BCUT2D eigenvalue weighted by atomic mass is 35.5. The van der Waals surface area contributed by atoms with Crippen LogP contribution in [-0.4, -0.2) is 11.1 Å². The summed E-state index contributed by atoms with van der Waals surface area (Å²) in [4.78, 5) is 11.4. The number of nitrogens with zero attached hydrogens (tertiary/aromatic N) is 1. The van der Waals surface area contributed by atoms with Gasteiger partial charge in [-0.2, -0.15) is 0 Å². The number of hydrogen-bond donors (Lipinski definition) is 3. The van der Waals surface area contributed by atoms with Crippen molar-refractivity contribution in [3.63, 3.8) is 0 Å². The van der Waals surface area contributed by atoms with Crippen molar-refractivity contribution >= 4 is 28.9 Å². The van der Waals surface area contributed by atoms with Crippen LogP contribution in [0.15, 0.2) is 22.7 Å². The molecule has 0 fully saturated rings. The van der Waals surface area contributed by atoms with Gasteiger partial charge in [0.1, 0.15) is 11.5 Å².